The average Bonchev–Trinajstić information content (AvgIpc) is 3.22. The Morgan fingerprint density at radius 3 is 2.68 bits per heavy atom. The van der Waals surface area contributed by atoms with Gasteiger partial charge in [0.15, 0.2) is 0 Å². The van der Waals surface area contributed by atoms with Gasteiger partial charge in [-0.2, -0.15) is 0 Å². The highest BCUT2D eigenvalue weighted by molar-refractivity contribution is 5.94. The van der Waals surface area contributed by atoms with E-state index in [2.05, 4.69) is 6.92 Å². The molecule has 1 heterocycles. The van der Waals surface area contributed by atoms with Crippen LogP contribution in [0.15, 0.2) is 48.5 Å². The third-order valence-corrected chi connectivity index (χ3v) is 4.96. The molecule has 1 saturated heterocycles. The number of aromatic hydroxyl groups is 1. The normalized spacial score (nSPS) is 16.1. The number of carbonyl (C=O) groups excluding carboxylic acids is 1. The zero-order valence-corrected chi connectivity index (χ0v) is 16.5. The predicted octanol–water partition coefficient (Wildman–Crippen LogP) is 4.39. The molecule has 1 N–H and O–H groups in total. The van der Waals surface area contributed by atoms with Gasteiger partial charge in [-0.15, -0.1) is 0 Å². The SMILES string of the molecule is CCCCOc1ccc(C(=O)N(Cc2ccccc2O)CC2CCCO2)cc1. The van der Waals surface area contributed by atoms with Gasteiger partial charge in [-0.05, 0) is 49.6 Å². The Bertz CT molecular complexity index is 753. The first-order chi connectivity index (χ1) is 13.7. The van der Waals surface area contributed by atoms with E-state index in [0.717, 1.165) is 43.6 Å². The summed E-state index contributed by atoms with van der Waals surface area (Å²) in [5.41, 5.74) is 1.34. The van der Waals surface area contributed by atoms with E-state index in [0.29, 0.717) is 25.3 Å². The number of ether oxygens (including phenoxy) is 2. The maximum atomic E-state index is 13.2. The molecule has 0 aliphatic carbocycles. The van der Waals surface area contributed by atoms with Gasteiger partial charge in [0, 0.05) is 30.8 Å². The molecule has 0 saturated carbocycles. The third-order valence-electron chi connectivity index (χ3n) is 4.96. The molecular formula is C23H29NO4. The van der Waals surface area contributed by atoms with Crippen LogP contribution >= 0.6 is 0 Å². The van der Waals surface area contributed by atoms with Crippen molar-refractivity contribution in [3.63, 3.8) is 0 Å². The van der Waals surface area contributed by atoms with Crippen LogP contribution in [0.1, 0.15) is 48.5 Å². The zero-order valence-electron chi connectivity index (χ0n) is 16.5. The molecule has 2 aromatic rings. The van der Waals surface area contributed by atoms with Crippen molar-refractivity contribution in [3.8, 4) is 11.5 Å². The Hall–Kier alpha value is -2.53. The second-order valence-electron chi connectivity index (χ2n) is 7.18. The molecule has 1 fully saturated rings. The maximum absolute atomic E-state index is 13.2. The second-order valence-corrected chi connectivity index (χ2v) is 7.18. The summed E-state index contributed by atoms with van der Waals surface area (Å²) < 4.78 is 11.4. The van der Waals surface area contributed by atoms with Crippen molar-refractivity contribution in [1.82, 2.24) is 4.90 Å². The van der Waals surface area contributed by atoms with Gasteiger partial charge in [0.05, 0.1) is 12.7 Å². The van der Waals surface area contributed by atoms with Crippen molar-refractivity contribution < 1.29 is 19.4 Å². The largest absolute Gasteiger partial charge is 0.508 e. The monoisotopic (exact) mass is 383 g/mol. The van der Waals surface area contributed by atoms with E-state index >= 15 is 0 Å². The number of para-hydroxylation sites is 1. The number of phenolic OH excluding ortho intramolecular Hbond substituents is 1. The van der Waals surface area contributed by atoms with Crippen molar-refractivity contribution in [3.05, 3.63) is 59.7 Å². The molecule has 28 heavy (non-hydrogen) atoms. The highest BCUT2D eigenvalue weighted by atomic mass is 16.5. The summed E-state index contributed by atoms with van der Waals surface area (Å²) in [6, 6.07) is 14.4. The lowest BCUT2D eigenvalue weighted by molar-refractivity contribution is 0.0506. The molecule has 2 aromatic carbocycles. The molecule has 0 aromatic heterocycles. The van der Waals surface area contributed by atoms with Gasteiger partial charge in [-0.1, -0.05) is 31.5 Å². The van der Waals surface area contributed by atoms with Gasteiger partial charge in [-0.3, -0.25) is 4.79 Å². The minimum atomic E-state index is -0.0705. The fraction of sp³-hybridized carbons (Fsp3) is 0.435. The lowest BCUT2D eigenvalue weighted by Gasteiger charge is -2.26. The first-order valence-electron chi connectivity index (χ1n) is 10.1. The molecule has 150 valence electrons. The van der Waals surface area contributed by atoms with Crippen LogP contribution in [-0.2, 0) is 11.3 Å². The van der Waals surface area contributed by atoms with E-state index in [1.807, 2.05) is 24.3 Å². The van der Waals surface area contributed by atoms with Gasteiger partial charge in [-0.25, -0.2) is 0 Å². The lowest BCUT2D eigenvalue weighted by atomic mass is 10.1. The summed E-state index contributed by atoms with van der Waals surface area (Å²) in [7, 11) is 0. The minimum absolute atomic E-state index is 0.0476. The van der Waals surface area contributed by atoms with Crippen LogP contribution in [0.2, 0.25) is 0 Å². The molecule has 1 aliphatic rings. The summed E-state index contributed by atoms with van der Waals surface area (Å²) >= 11 is 0. The fourth-order valence-electron chi connectivity index (χ4n) is 3.31. The van der Waals surface area contributed by atoms with Crippen LogP contribution in [0.25, 0.3) is 0 Å². The molecule has 1 unspecified atom stereocenters. The van der Waals surface area contributed by atoms with Gasteiger partial charge in [0.2, 0.25) is 0 Å². The lowest BCUT2D eigenvalue weighted by Crippen LogP contribution is -2.37. The number of phenols is 1. The van der Waals surface area contributed by atoms with Crippen molar-refractivity contribution >= 4 is 5.91 Å². The molecule has 5 nitrogen and oxygen atoms in total. The Kier molecular flexibility index (Phi) is 7.31. The number of nitrogens with zero attached hydrogens (tertiary/aromatic N) is 1. The number of carbonyl (C=O) groups is 1. The van der Waals surface area contributed by atoms with Gasteiger partial charge >= 0.3 is 0 Å². The van der Waals surface area contributed by atoms with E-state index in [1.54, 1.807) is 29.2 Å². The van der Waals surface area contributed by atoms with Gasteiger partial charge in [0.1, 0.15) is 11.5 Å². The van der Waals surface area contributed by atoms with Crippen LogP contribution in [0.3, 0.4) is 0 Å². The van der Waals surface area contributed by atoms with E-state index in [4.69, 9.17) is 9.47 Å². The van der Waals surface area contributed by atoms with E-state index < -0.39 is 0 Å². The van der Waals surface area contributed by atoms with E-state index in [9.17, 15) is 9.90 Å². The van der Waals surface area contributed by atoms with Crippen LogP contribution in [0, 0.1) is 0 Å². The molecule has 5 heteroatoms. The summed E-state index contributed by atoms with van der Waals surface area (Å²) in [6.45, 7) is 4.41. The van der Waals surface area contributed by atoms with Crippen molar-refractivity contribution in [2.75, 3.05) is 19.8 Å². The predicted molar refractivity (Wildman–Crippen MR) is 109 cm³/mol. The Labute approximate surface area is 166 Å². The zero-order chi connectivity index (χ0) is 19.8. The Balaban J connectivity index is 1.72. The standard InChI is InChI=1S/C23H29NO4/c1-2-3-14-27-20-12-10-18(11-13-20)23(26)24(17-21-8-6-15-28-21)16-19-7-4-5-9-22(19)25/h4-5,7,9-13,21,25H,2-3,6,8,14-17H2,1H3. The molecule has 0 radical (unpaired) electrons. The van der Waals surface area contributed by atoms with Crippen molar-refractivity contribution in [2.24, 2.45) is 0 Å². The van der Waals surface area contributed by atoms with E-state index in [-0.39, 0.29) is 17.8 Å². The highest BCUT2D eigenvalue weighted by Crippen LogP contribution is 2.22. The first kappa shape index (κ1) is 20.2. The highest BCUT2D eigenvalue weighted by Gasteiger charge is 2.24. The second kappa shape index (κ2) is 10.1. The minimum Gasteiger partial charge on any atom is -0.508 e. The quantitative estimate of drug-likeness (QED) is 0.653. The number of rotatable bonds is 9. The smallest absolute Gasteiger partial charge is 0.254 e. The molecule has 3 rings (SSSR count). The summed E-state index contributed by atoms with van der Waals surface area (Å²) in [5.74, 6) is 0.905. The molecular weight excluding hydrogens is 354 g/mol. The van der Waals surface area contributed by atoms with Gasteiger partial charge < -0.3 is 19.5 Å². The maximum Gasteiger partial charge on any atom is 0.254 e. The van der Waals surface area contributed by atoms with Gasteiger partial charge in [0.25, 0.3) is 5.91 Å². The number of amides is 1. The molecule has 0 bridgehead atoms. The van der Waals surface area contributed by atoms with Crippen LogP contribution < -0.4 is 4.74 Å². The fourth-order valence-corrected chi connectivity index (χ4v) is 3.31. The third kappa shape index (κ3) is 5.49. The van der Waals surface area contributed by atoms with E-state index in [1.165, 1.54) is 0 Å². The number of hydrogen-bond acceptors (Lipinski definition) is 4. The van der Waals surface area contributed by atoms with Crippen molar-refractivity contribution in [2.45, 2.75) is 45.3 Å². The Morgan fingerprint density at radius 2 is 2.00 bits per heavy atom. The van der Waals surface area contributed by atoms with Crippen LogP contribution in [-0.4, -0.2) is 41.8 Å². The number of benzene rings is 2. The first-order valence-corrected chi connectivity index (χ1v) is 10.1. The van der Waals surface area contributed by atoms with Crippen LogP contribution in [0.5, 0.6) is 11.5 Å². The molecule has 1 aliphatic heterocycles. The summed E-state index contributed by atoms with van der Waals surface area (Å²) in [4.78, 5) is 14.9. The topological polar surface area (TPSA) is 59.0 Å². The molecule has 1 atom stereocenters. The summed E-state index contributed by atoms with van der Waals surface area (Å²) in [5, 5.41) is 10.1. The van der Waals surface area contributed by atoms with Crippen LogP contribution in [0.4, 0.5) is 0 Å². The average molecular weight is 383 g/mol. The Morgan fingerprint density at radius 1 is 1.21 bits per heavy atom. The molecule has 0 spiro atoms. The van der Waals surface area contributed by atoms with Crippen molar-refractivity contribution in [1.29, 1.82) is 0 Å². The summed E-state index contributed by atoms with van der Waals surface area (Å²) in [6.07, 6.45) is 4.12. The molecule has 1 amide bonds. The number of hydrogen-bond donors (Lipinski definition) is 1. The number of unbranched alkanes of at least 4 members (excludes halogenated alkanes) is 1.